The minimum atomic E-state index is -0.0115. The van der Waals surface area contributed by atoms with E-state index in [1.54, 1.807) is 0 Å². The Hall–Kier alpha value is -8.48. The van der Waals surface area contributed by atoms with Gasteiger partial charge in [-0.1, -0.05) is 134 Å². The van der Waals surface area contributed by atoms with Crippen LogP contribution in [0.15, 0.2) is 213 Å². The Bertz CT molecular complexity index is 4190. The van der Waals surface area contributed by atoms with E-state index < -0.39 is 0 Å². The van der Waals surface area contributed by atoms with Gasteiger partial charge in [-0.2, -0.15) is 0 Å². The smallest absolute Gasteiger partial charge is 0.161 e. The number of benzene rings is 9. The monoisotopic (exact) mass is 834 g/mol. The molecule has 0 fully saturated rings. The average molecular weight is 835 g/mol. The molecule has 1 unspecified atom stereocenters. The highest BCUT2D eigenvalue weighted by Crippen LogP contribution is 2.43. The van der Waals surface area contributed by atoms with Crippen LogP contribution in [-0.2, 0) is 0 Å². The SMILES string of the molecule is CC1C/C=C(c2c(-n3c4ccccc4c4cc5ccccc5cc43)ccc3c2oc2ccccc23)/N=C(c2ccc3c(c2)oc2ccccc23)\N=C/1n1c2ccccc2c2ccccc21. The van der Waals surface area contributed by atoms with E-state index in [1.165, 1.54) is 32.3 Å². The van der Waals surface area contributed by atoms with Gasteiger partial charge in [0.05, 0.1) is 39.0 Å². The van der Waals surface area contributed by atoms with Crippen molar-refractivity contribution in [1.82, 2.24) is 9.13 Å². The summed E-state index contributed by atoms with van der Waals surface area (Å²) in [5.74, 6) is 1.51. The molecule has 0 saturated heterocycles. The molecule has 1 aliphatic rings. The van der Waals surface area contributed by atoms with Gasteiger partial charge in [-0.3, -0.25) is 4.57 Å². The van der Waals surface area contributed by atoms with Gasteiger partial charge >= 0.3 is 0 Å². The zero-order valence-electron chi connectivity index (χ0n) is 35.4. The van der Waals surface area contributed by atoms with E-state index in [9.17, 15) is 0 Å². The molecule has 6 heteroatoms. The number of amidine groups is 1. The fourth-order valence-corrected chi connectivity index (χ4v) is 10.5. The van der Waals surface area contributed by atoms with Crippen LogP contribution in [0.2, 0.25) is 0 Å². The first-order valence-corrected chi connectivity index (χ1v) is 22.3. The zero-order valence-corrected chi connectivity index (χ0v) is 35.4. The van der Waals surface area contributed by atoms with Crippen molar-refractivity contribution in [1.29, 1.82) is 0 Å². The molecule has 0 spiro atoms. The molecule has 0 aliphatic carbocycles. The predicted octanol–water partition coefficient (Wildman–Crippen LogP) is 15.6. The van der Waals surface area contributed by atoms with Crippen LogP contribution in [0, 0.1) is 5.92 Å². The number of fused-ring (bicyclic) bond motifs is 13. The van der Waals surface area contributed by atoms with Crippen LogP contribution in [0.1, 0.15) is 24.5 Å². The van der Waals surface area contributed by atoms with E-state index in [2.05, 4.69) is 192 Å². The highest BCUT2D eigenvalue weighted by atomic mass is 16.3. The molecule has 0 saturated carbocycles. The van der Waals surface area contributed by atoms with Gasteiger partial charge in [0.25, 0.3) is 0 Å². The normalized spacial score (nSPS) is 17.3. The highest BCUT2D eigenvalue weighted by molar-refractivity contribution is 6.20. The standard InChI is InChI=1S/C59H38N4O2/c1-35-26-30-47(56-51(31-29-45-43-20-8-13-25-54(43)65-57(45)56)62-48-21-9-6-18-41(48)46-32-36-14-2-3-15-37(36)33-52(46)62)60-58(38-27-28-44-42-19-7-12-24-53(42)64-55(44)34-38)61-59(35)63-49-22-10-4-16-39(49)40-17-5-11-23-50(40)63/h2-25,27-35H,26H2,1H3/b47-30+,60-58-,61-59+. The van der Waals surface area contributed by atoms with E-state index in [0.29, 0.717) is 12.3 Å². The molecule has 1 atom stereocenters. The third kappa shape index (κ3) is 5.34. The fourth-order valence-electron chi connectivity index (χ4n) is 10.5. The lowest BCUT2D eigenvalue weighted by Crippen LogP contribution is -2.23. The number of aromatic nitrogens is 2. The molecular formula is C59H38N4O2. The summed E-state index contributed by atoms with van der Waals surface area (Å²) in [5.41, 5.74) is 11.3. The first-order chi connectivity index (χ1) is 32.1. The molecule has 0 N–H and O–H groups in total. The number of furan rings is 2. The van der Waals surface area contributed by atoms with Crippen molar-refractivity contribution >= 4 is 116 Å². The molecule has 5 heterocycles. The van der Waals surface area contributed by atoms with Crippen LogP contribution in [0.25, 0.3) is 110 Å². The molecule has 0 amide bonds. The number of aliphatic imine (C=N–C) groups is 2. The Morgan fingerprint density at radius 1 is 0.446 bits per heavy atom. The van der Waals surface area contributed by atoms with Gasteiger partial charge in [-0.05, 0) is 83.9 Å². The third-order valence-electron chi connectivity index (χ3n) is 13.6. The molecule has 6 nitrogen and oxygen atoms in total. The van der Waals surface area contributed by atoms with Gasteiger partial charge < -0.3 is 13.4 Å². The Morgan fingerprint density at radius 2 is 1.00 bits per heavy atom. The van der Waals surface area contributed by atoms with E-state index in [0.717, 1.165) is 94.3 Å². The van der Waals surface area contributed by atoms with Crippen molar-refractivity contribution in [2.75, 3.05) is 0 Å². The van der Waals surface area contributed by atoms with Crippen molar-refractivity contribution in [3.8, 4) is 5.69 Å². The van der Waals surface area contributed by atoms with Crippen molar-refractivity contribution in [3.63, 3.8) is 0 Å². The van der Waals surface area contributed by atoms with E-state index in [-0.39, 0.29) is 5.92 Å². The molecule has 1 aliphatic heterocycles. The second-order valence-corrected chi connectivity index (χ2v) is 17.3. The van der Waals surface area contributed by atoms with Gasteiger partial charge in [0, 0.05) is 54.6 Å². The maximum absolute atomic E-state index is 7.00. The summed E-state index contributed by atoms with van der Waals surface area (Å²) >= 11 is 0. The number of hydrogen-bond acceptors (Lipinski definition) is 4. The Balaban J connectivity index is 1.09. The van der Waals surface area contributed by atoms with Crippen LogP contribution < -0.4 is 0 Å². The molecule has 9 aromatic carbocycles. The lowest BCUT2D eigenvalue weighted by Gasteiger charge is -2.21. The number of nitrogens with zero attached hydrogens (tertiary/aromatic N) is 4. The molecule has 0 bridgehead atoms. The zero-order chi connectivity index (χ0) is 42.8. The van der Waals surface area contributed by atoms with Crippen molar-refractivity contribution in [2.45, 2.75) is 13.3 Å². The maximum atomic E-state index is 7.00. The van der Waals surface area contributed by atoms with Crippen LogP contribution in [0.5, 0.6) is 0 Å². The minimum Gasteiger partial charge on any atom is -0.456 e. The molecule has 14 rings (SSSR count). The fraction of sp³-hybridized carbons (Fsp3) is 0.0508. The Morgan fingerprint density at radius 3 is 1.72 bits per heavy atom. The Labute approximate surface area is 372 Å². The number of allylic oxidation sites excluding steroid dienone is 1. The number of para-hydroxylation sites is 5. The van der Waals surface area contributed by atoms with E-state index >= 15 is 0 Å². The van der Waals surface area contributed by atoms with Crippen molar-refractivity contribution in [2.24, 2.45) is 15.9 Å². The summed E-state index contributed by atoms with van der Waals surface area (Å²) < 4.78 is 18.3. The van der Waals surface area contributed by atoms with E-state index in [4.69, 9.17) is 18.8 Å². The molecule has 4 aromatic heterocycles. The quantitative estimate of drug-likeness (QED) is 0.178. The number of rotatable bonds is 3. The van der Waals surface area contributed by atoms with Gasteiger partial charge in [0.2, 0.25) is 0 Å². The second kappa shape index (κ2) is 13.8. The minimum absolute atomic E-state index is 0.0115. The Kier molecular flexibility index (Phi) is 7.63. The molecule has 306 valence electrons. The van der Waals surface area contributed by atoms with Gasteiger partial charge in [-0.15, -0.1) is 0 Å². The molecule has 13 aromatic rings. The summed E-state index contributed by atoms with van der Waals surface area (Å²) in [5, 5.41) is 11.4. The summed E-state index contributed by atoms with van der Waals surface area (Å²) in [4.78, 5) is 11.5. The van der Waals surface area contributed by atoms with Crippen LogP contribution in [0.4, 0.5) is 0 Å². The summed E-state index contributed by atoms with van der Waals surface area (Å²) in [6.45, 7) is 2.28. The lowest BCUT2D eigenvalue weighted by molar-refractivity contribution is 0.667. The average Bonchev–Trinajstić information content (AvgIpc) is 4.10. The maximum Gasteiger partial charge on any atom is 0.161 e. The molecule has 65 heavy (non-hydrogen) atoms. The topological polar surface area (TPSA) is 60.9 Å². The first kappa shape index (κ1) is 36.0. The van der Waals surface area contributed by atoms with Gasteiger partial charge in [0.1, 0.15) is 28.2 Å². The highest BCUT2D eigenvalue weighted by Gasteiger charge is 2.27. The first-order valence-electron chi connectivity index (χ1n) is 22.3. The van der Waals surface area contributed by atoms with Gasteiger partial charge in [-0.25, -0.2) is 9.98 Å². The van der Waals surface area contributed by atoms with Crippen molar-refractivity contribution < 1.29 is 8.83 Å². The third-order valence-corrected chi connectivity index (χ3v) is 13.6. The predicted molar refractivity (Wildman–Crippen MR) is 270 cm³/mol. The summed E-state index contributed by atoms with van der Waals surface area (Å²) in [6.07, 6.45) is 2.99. The number of hydrogen-bond donors (Lipinski definition) is 0. The molecule has 0 radical (unpaired) electrons. The molecular weight excluding hydrogens is 797 g/mol. The second-order valence-electron chi connectivity index (χ2n) is 17.3. The van der Waals surface area contributed by atoms with Crippen molar-refractivity contribution in [3.05, 3.63) is 205 Å². The van der Waals surface area contributed by atoms with Crippen LogP contribution >= 0.6 is 0 Å². The van der Waals surface area contributed by atoms with Crippen LogP contribution in [-0.4, -0.2) is 20.8 Å². The lowest BCUT2D eigenvalue weighted by atomic mass is 9.99. The summed E-state index contributed by atoms with van der Waals surface area (Å²) in [6, 6.07) is 66.6. The summed E-state index contributed by atoms with van der Waals surface area (Å²) in [7, 11) is 0. The van der Waals surface area contributed by atoms with Crippen LogP contribution in [0.3, 0.4) is 0 Å². The van der Waals surface area contributed by atoms with E-state index in [1.807, 2.05) is 18.2 Å². The van der Waals surface area contributed by atoms with Gasteiger partial charge in [0.15, 0.2) is 5.84 Å². The largest absolute Gasteiger partial charge is 0.456 e.